The van der Waals surface area contributed by atoms with E-state index >= 15 is 0 Å². The van der Waals surface area contributed by atoms with Crippen molar-refractivity contribution in [2.45, 2.75) is 76.3 Å². The Morgan fingerprint density at radius 3 is 1.56 bits per heavy atom. The van der Waals surface area contributed by atoms with Crippen molar-refractivity contribution < 1.29 is 9.59 Å². The number of rotatable bonds is 4. The molecular weight excluding hydrogens is 228 g/mol. The van der Waals surface area contributed by atoms with Gasteiger partial charge in [0.25, 0.3) is 0 Å². The van der Waals surface area contributed by atoms with Crippen LogP contribution in [0, 0.1) is 0 Å². The Kier molecular flexibility index (Phi) is 5.02. The molecule has 2 saturated carbocycles. The topological polar surface area (TPSA) is 58.2 Å². The van der Waals surface area contributed by atoms with Gasteiger partial charge in [-0.25, -0.2) is 0 Å². The monoisotopic (exact) mass is 252 g/mol. The average molecular weight is 252 g/mol. The van der Waals surface area contributed by atoms with Gasteiger partial charge in [0.2, 0.25) is 11.8 Å². The summed E-state index contributed by atoms with van der Waals surface area (Å²) in [5.74, 6) is -0.229. The second kappa shape index (κ2) is 6.76. The molecule has 0 aliphatic heterocycles. The smallest absolute Gasteiger partial charge is 0.229 e. The second-order valence-corrected chi connectivity index (χ2v) is 5.63. The Bertz CT molecular complexity index is 292. The number of hydrogen-bond donors (Lipinski definition) is 2. The second-order valence-electron chi connectivity index (χ2n) is 5.63. The number of carbonyl (C=O) groups excluding carboxylic acids is 2. The van der Waals surface area contributed by atoms with Crippen LogP contribution in [0.1, 0.15) is 64.2 Å². The molecule has 102 valence electrons. The number of carbonyl (C=O) groups is 2. The molecule has 0 saturated heterocycles. The van der Waals surface area contributed by atoms with E-state index in [2.05, 4.69) is 10.6 Å². The van der Waals surface area contributed by atoms with Crippen LogP contribution in [0.15, 0.2) is 0 Å². The minimum absolute atomic E-state index is 0.00694. The van der Waals surface area contributed by atoms with E-state index in [1.54, 1.807) is 0 Å². The molecule has 18 heavy (non-hydrogen) atoms. The van der Waals surface area contributed by atoms with Crippen LogP contribution in [0.4, 0.5) is 0 Å². The lowest BCUT2D eigenvalue weighted by atomic mass is 9.95. The Balaban J connectivity index is 1.64. The van der Waals surface area contributed by atoms with Crippen LogP contribution in [0.25, 0.3) is 0 Å². The zero-order chi connectivity index (χ0) is 12.8. The number of amides is 2. The van der Waals surface area contributed by atoms with Crippen molar-refractivity contribution in [2.75, 3.05) is 0 Å². The van der Waals surface area contributed by atoms with E-state index in [9.17, 15) is 9.59 Å². The first-order valence-electron chi connectivity index (χ1n) is 7.33. The summed E-state index contributed by atoms with van der Waals surface area (Å²) in [7, 11) is 0. The summed E-state index contributed by atoms with van der Waals surface area (Å²) in [4.78, 5) is 23.4. The summed E-state index contributed by atoms with van der Waals surface area (Å²) in [6, 6.07) is 0.602. The lowest BCUT2D eigenvalue weighted by molar-refractivity contribution is -0.130. The van der Waals surface area contributed by atoms with Crippen LogP contribution in [0.5, 0.6) is 0 Å². The first kappa shape index (κ1) is 13.4. The lowest BCUT2D eigenvalue weighted by Crippen LogP contribution is -2.40. The van der Waals surface area contributed by atoms with E-state index in [0.717, 1.165) is 25.7 Å². The van der Waals surface area contributed by atoms with E-state index in [-0.39, 0.29) is 18.2 Å². The molecule has 0 heterocycles. The summed E-state index contributed by atoms with van der Waals surface area (Å²) in [6.07, 6.45) is 10.3. The maximum atomic E-state index is 11.7. The maximum absolute atomic E-state index is 11.7. The molecule has 2 rings (SSSR count). The molecule has 0 aromatic carbocycles. The highest BCUT2D eigenvalue weighted by molar-refractivity contribution is 5.97. The molecule has 2 fully saturated rings. The van der Waals surface area contributed by atoms with Crippen molar-refractivity contribution in [2.24, 2.45) is 0 Å². The molecule has 2 amide bonds. The third-order valence-electron chi connectivity index (χ3n) is 4.01. The van der Waals surface area contributed by atoms with Gasteiger partial charge in [0.15, 0.2) is 0 Å². The van der Waals surface area contributed by atoms with Crippen molar-refractivity contribution in [1.29, 1.82) is 0 Å². The van der Waals surface area contributed by atoms with Crippen LogP contribution in [0.2, 0.25) is 0 Å². The zero-order valence-corrected chi connectivity index (χ0v) is 11.0. The fraction of sp³-hybridized carbons (Fsp3) is 0.857. The Labute approximate surface area is 109 Å². The highest BCUT2D eigenvalue weighted by Crippen LogP contribution is 2.18. The van der Waals surface area contributed by atoms with Crippen molar-refractivity contribution in [3.63, 3.8) is 0 Å². The van der Waals surface area contributed by atoms with E-state index in [0.29, 0.717) is 12.1 Å². The van der Waals surface area contributed by atoms with Crippen molar-refractivity contribution in [3.8, 4) is 0 Å². The maximum Gasteiger partial charge on any atom is 0.229 e. The number of nitrogens with one attached hydrogen (secondary N) is 2. The van der Waals surface area contributed by atoms with E-state index < -0.39 is 0 Å². The van der Waals surface area contributed by atoms with Gasteiger partial charge in [-0.3, -0.25) is 9.59 Å². The Morgan fingerprint density at radius 2 is 1.11 bits per heavy atom. The minimum atomic E-state index is -0.116. The summed E-state index contributed by atoms with van der Waals surface area (Å²) < 4.78 is 0. The van der Waals surface area contributed by atoms with Crippen molar-refractivity contribution in [3.05, 3.63) is 0 Å². The largest absolute Gasteiger partial charge is 0.353 e. The van der Waals surface area contributed by atoms with Crippen molar-refractivity contribution >= 4 is 11.8 Å². The average Bonchev–Trinajstić information content (AvgIpc) is 2.82. The van der Waals surface area contributed by atoms with Gasteiger partial charge >= 0.3 is 0 Å². The van der Waals surface area contributed by atoms with Crippen LogP contribution in [-0.4, -0.2) is 23.9 Å². The summed E-state index contributed by atoms with van der Waals surface area (Å²) in [6.45, 7) is 0. The fourth-order valence-electron chi connectivity index (χ4n) is 3.02. The first-order valence-corrected chi connectivity index (χ1v) is 7.33. The predicted octanol–water partition coefficient (Wildman–Crippen LogP) is 1.88. The van der Waals surface area contributed by atoms with Crippen LogP contribution < -0.4 is 10.6 Å². The normalized spacial score (nSPS) is 21.8. The third kappa shape index (κ3) is 4.31. The van der Waals surface area contributed by atoms with Gasteiger partial charge in [-0.05, 0) is 25.7 Å². The first-order chi connectivity index (χ1) is 8.74. The molecule has 4 heteroatoms. The zero-order valence-electron chi connectivity index (χ0n) is 11.0. The molecule has 0 radical (unpaired) electrons. The molecule has 0 aromatic rings. The van der Waals surface area contributed by atoms with Crippen LogP contribution in [-0.2, 0) is 9.59 Å². The summed E-state index contributed by atoms with van der Waals surface area (Å²) in [5.41, 5.74) is 0. The van der Waals surface area contributed by atoms with E-state index in [4.69, 9.17) is 0 Å². The third-order valence-corrected chi connectivity index (χ3v) is 4.01. The molecule has 2 aliphatic rings. The SMILES string of the molecule is O=C(CC(=O)NC1CCCC1)NC1CCCCC1. The van der Waals surface area contributed by atoms with Crippen molar-refractivity contribution in [1.82, 2.24) is 10.6 Å². The highest BCUT2D eigenvalue weighted by Gasteiger charge is 2.20. The van der Waals surface area contributed by atoms with E-state index in [1.807, 2.05) is 0 Å². The van der Waals surface area contributed by atoms with E-state index in [1.165, 1.54) is 32.1 Å². The molecule has 0 unspecified atom stereocenters. The lowest BCUT2D eigenvalue weighted by Gasteiger charge is -2.22. The Hall–Kier alpha value is -1.06. The minimum Gasteiger partial charge on any atom is -0.353 e. The molecule has 4 nitrogen and oxygen atoms in total. The quantitative estimate of drug-likeness (QED) is 0.751. The van der Waals surface area contributed by atoms with Gasteiger partial charge in [0.1, 0.15) is 6.42 Å². The molecule has 0 atom stereocenters. The fourth-order valence-corrected chi connectivity index (χ4v) is 3.02. The van der Waals surface area contributed by atoms with Crippen LogP contribution >= 0.6 is 0 Å². The standard InChI is InChI=1S/C14H24N2O2/c17-13(15-11-6-2-1-3-7-11)10-14(18)16-12-8-4-5-9-12/h11-12H,1-10H2,(H,15,17)(H,16,18). The van der Waals surface area contributed by atoms with Crippen LogP contribution in [0.3, 0.4) is 0 Å². The van der Waals surface area contributed by atoms with Gasteiger partial charge in [-0.15, -0.1) is 0 Å². The molecule has 0 bridgehead atoms. The van der Waals surface area contributed by atoms with Gasteiger partial charge < -0.3 is 10.6 Å². The molecule has 0 aromatic heterocycles. The van der Waals surface area contributed by atoms with Gasteiger partial charge in [0, 0.05) is 12.1 Å². The molecular formula is C14H24N2O2. The highest BCUT2D eigenvalue weighted by atomic mass is 16.2. The number of hydrogen-bond acceptors (Lipinski definition) is 2. The summed E-state index contributed by atoms with van der Waals surface area (Å²) >= 11 is 0. The molecule has 0 spiro atoms. The predicted molar refractivity (Wildman–Crippen MR) is 70.0 cm³/mol. The van der Waals surface area contributed by atoms with Gasteiger partial charge in [-0.2, -0.15) is 0 Å². The van der Waals surface area contributed by atoms with Gasteiger partial charge in [-0.1, -0.05) is 32.1 Å². The molecule has 2 N–H and O–H groups in total. The Morgan fingerprint density at radius 1 is 0.722 bits per heavy atom. The molecule has 2 aliphatic carbocycles. The summed E-state index contributed by atoms with van der Waals surface area (Å²) in [5, 5.41) is 5.92. The van der Waals surface area contributed by atoms with Gasteiger partial charge in [0.05, 0.1) is 0 Å².